The van der Waals surface area contributed by atoms with Gasteiger partial charge >= 0.3 is 5.97 Å². The minimum absolute atomic E-state index is 0.114. The second-order valence-electron chi connectivity index (χ2n) is 9.89. The van der Waals surface area contributed by atoms with Gasteiger partial charge in [0, 0.05) is 29.3 Å². The zero-order valence-corrected chi connectivity index (χ0v) is 23.7. The van der Waals surface area contributed by atoms with Crippen molar-refractivity contribution < 1.29 is 27.1 Å². The SMILES string of the molecule is CCCC#Cc1cc(-c2nn(-c3nc(C(=O)O)cs3)c(CC3CC3)c2Cc2ccc(S(N)(=O)=O)c(F)c2)ccc1F. The number of nitrogens with two attached hydrogens (primary N) is 1. The maximum atomic E-state index is 14.8. The van der Waals surface area contributed by atoms with E-state index in [1.807, 2.05) is 6.92 Å². The highest BCUT2D eigenvalue weighted by Gasteiger charge is 2.29. The van der Waals surface area contributed by atoms with Gasteiger partial charge in [-0.15, -0.1) is 11.3 Å². The Labute approximate surface area is 239 Å². The summed E-state index contributed by atoms with van der Waals surface area (Å²) in [5.74, 6) is 3.63. The summed E-state index contributed by atoms with van der Waals surface area (Å²) in [6, 6.07) is 8.27. The van der Waals surface area contributed by atoms with Gasteiger partial charge in [-0.05, 0) is 67.5 Å². The summed E-state index contributed by atoms with van der Waals surface area (Å²) < 4.78 is 54.5. The van der Waals surface area contributed by atoms with Crippen LogP contribution in [0.3, 0.4) is 0 Å². The van der Waals surface area contributed by atoms with Crippen molar-refractivity contribution in [3.05, 3.63) is 81.5 Å². The summed E-state index contributed by atoms with van der Waals surface area (Å²) in [7, 11) is -4.24. The molecule has 41 heavy (non-hydrogen) atoms. The summed E-state index contributed by atoms with van der Waals surface area (Å²) in [6.45, 7) is 1.98. The van der Waals surface area contributed by atoms with E-state index in [0.717, 1.165) is 48.4 Å². The smallest absolute Gasteiger partial charge is 0.355 e. The summed E-state index contributed by atoms with van der Waals surface area (Å²) in [5, 5.41) is 21.2. The first-order valence-corrected chi connectivity index (χ1v) is 15.4. The molecular weight excluding hydrogens is 570 g/mol. The molecule has 0 saturated heterocycles. The van der Waals surface area contributed by atoms with Gasteiger partial charge in [0.2, 0.25) is 15.2 Å². The lowest BCUT2D eigenvalue weighted by Crippen LogP contribution is -2.14. The average molecular weight is 597 g/mol. The van der Waals surface area contributed by atoms with Gasteiger partial charge in [0.15, 0.2) is 5.69 Å². The van der Waals surface area contributed by atoms with Crippen molar-refractivity contribution in [3.8, 4) is 28.2 Å². The first-order valence-electron chi connectivity index (χ1n) is 12.9. The third-order valence-corrected chi connectivity index (χ3v) is 8.44. The molecule has 1 aliphatic carbocycles. The highest BCUT2D eigenvalue weighted by Crippen LogP contribution is 2.38. The quantitative estimate of drug-likeness (QED) is 0.252. The molecule has 3 N–H and O–H groups in total. The van der Waals surface area contributed by atoms with Gasteiger partial charge in [-0.2, -0.15) is 5.10 Å². The molecule has 0 radical (unpaired) electrons. The molecule has 12 heteroatoms. The van der Waals surface area contributed by atoms with Gasteiger partial charge < -0.3 is 5.11 Å². The number of unbranched alkanes of at least 4 members (excludes halogenated alkanes) is 1. The Morgan fingerprint density at radius 2 is 1.98 bits per heavy atom. The topological polar surface area (TPSA) is 128 Å². The Kier molecular flexibility index (Phi) is 8.04. The van der Waals surface area contributed by atoms with Crippen molar-refractivity contribution in [3.63, 3.8) is 0 Å². The van der Waals surface area contributed by atoms with Gasteiger partial charge in [-0.25, -0.2) is 36.8 Å². The molecular formula is C29H26F2N4O4S2. The number of sulfonamides is 1. The summed E-state index contributed by atoms with van der Waals surface area (Å²) in [6.07, 6.45) is 4.27. The number of rotatable bonds is 9. The number of thiazole rings is 1. The molecule has 1 aliphatic rings. The lowest BCUT2D eigenvalue weighted by molar-refractivity contribution is 0.0691. The van der Waals surface area contributed by atoms with Crippen LogP contribution in [0, 0.1) is 29.4 Å². The number of carbonyl (C=O) groups is 1. The van der Waals surface area contributed by atoms with Gasteiger partial charge in [-0.3, -0.25) is 0 Å². The monoisotopic (exact) mass is 596 g/mol. The molecule has 2 heterocycles. The van der Waals surface area contributed by atoms with Crippen LogP contribution >= 0.6 is 11.3 Å². The molecule has 0 atom stereocenters. The third kappa shape index (κ3) is 6.37. The molecule has 4 aromatic rings. The molecule has 1 saturated carbocycles. The molecule has 1 fully saturated rings. The number of nitrogens with zero attached hydrogens (tertiary/aromatic N) is 3. The first kappa shape index (κ1) is 28.6. The van der Waals surface area contributed by atoms with E-state index >= 15 is 0 Å². The number of halogens is 2. The van der Waals surface area contributed by atoms with Crippen molar-refractivity contribution in [2.75, 3.05) is 0 Å². The minimum atomic E-state index is -4.24. The molecule has 0 unspecified atom stereocenters. The van der Waals surface area contributed by atoms with Crippen LogP contribution in [0.1, 0.15) is 65.5 Å². The number of aromatic nitrogens is 3. The lowest BCUT2D eigenvalue weighted by Gasteiger charge is -2.10. The standard InChI is InChI=1S/C29H26F2N4O4S2/c1-2-3-4-5-19-15-20(9-10-22(19)30)27-21(12-18-8-11-26(23(31)13-18)41(32,38)39)25(14-17-6-7-17)35(34-27)29-33-24(16-40-29)28(36)37/h8-11,13,15-17H,2-3,6-7,12,14H2,1H3,(H,36,37)(H2,32,38,39). The maximum Gasteiger partial charge on any atom is 0.355 e. The number of hydrogen-bond donors (Lipinski definition) is 2. The van der Waals surface area contributed by atoms with Crippen molar-refractivity contribution in [2.24, 2.45) is 11.1 Å². The van der Waals surface area contributed by atoms with Gasteiger partial charge in [0.05, 0.1) is 17.0 Å². The molecule has 0 spiro atoms. The number of primary sulfonamides is 1. The summed E-state index contributed by atoms with van der Waals surface area (Å²) >= 11 is 1.13. The fourth-order valence-corrected chi connectivity index (χ4v) is 5.83. The predicted molar refractivity (Wildman–Crippen MR) is 150 cm³/mol. The maximum absolute atomic E-state index is 14.8. The van der Waals surface area contributed by atoms with E-state index in [0.29, 0.717) is 46.3 Å². The fourth-order valence-electron chi connectivity index (χ4n) is 4.47. The van der Waals surface area contributed by atoms with Crippen LogP contribution < -0.4 is 5.14 Å². The third-order valence-electron chi connectivity index (χ3n) is 6.68. The zero-order valence-electron chi connectivity index (χ0n) is 22.0. The van der Waals surface area contributed by atoms with E-state index in [1.165, 1.54) is 17.5 Å². The van der Waals surface area contributed by atoms with Crippen LogP contribution in [-0.2, 0) is 22.9 Å². The highest BCUT2D eigenvalue weighted by atomic mass is 32.2. The number of hydrogen-bond acceptors (Lipinski definition) is 6. The molecule has 0 bridgehead atoms. The molecule has 2 aromatic carbocycles. The Morgan fingerprint density at radius 3 is 2.61 bits per heavy atom. The van der Waals surface area contributed by atoms with E-state index < -0.39 is 32.5 Å². The normalized spacial score (nSPS) is 13.2. The van der Waals surface area contributed by atoms with Crippen molar-refractivity contribution in [1.29, 1.82) is 0 Å². The van der Waals surface area contributed by atoms with E-state index in [1.54, 1.807) is 16.8 Å². The van der Waals surface area contributed by atoms with Gasteiger partial charge in [0.1, 0.15) is 16.5 Å². The molecule has 0 amide bonds. The minimum Gasteiger partial charge on any atom is -0.476 e. The van der Waals surface area contributed by atoms with Crippen LogP contribution in [0.15, 0.2) is 46.7 Å². The average Bonchev–Trinajstić information content (AvgIpc) is 3.47. The van der Waals surface area contributed by atoms with Crippen LogP contribution in [-0.4, -0.2) is 34.3 Å². The summed E-state index contributed by atoms with van der Waals surface area (Å²) in [5.41, 5.74) is 3.13. The molecule has 0 aliphatic heterocycles. The second kappa shape index (κ2) is 11.5. The zero-order chi connectivity index (χ0) is 29.3. The Balaban J connectivity index is 1.69. The van der Waals surface area contributed by atoms with Crippen LogP contribution in [0.25, 0.3) is 16.4 Å². The van der Waals surface area contributed by atoms with Crippen LogP contribution in [0.2, 0.25) is 0 Å². The van der Waals surface area contributed by atoms with E-state index in [9.17, 15) is 27.1 Å². The first-order chi connectivity index (χ1) is 19.5. The largest absolute Gasteiger partial charge is 0.476 e. The van der Waals surface area contributed by atoms with E-state index in [2.05, 4.69) is 16.8 Å². The number of aromatic carboxylic acids is 1. The Bertz CT molecular complexity index is 1820. The van der Waals surface area contributed by atoms with Gasteiger partial charge in [0.25, 0.3) is 0 Å². The molecule has 5 rings (SSSR count). The number of benzene rings is 2. The Morgan fingerprint density at radius 1 is 1.20 bits per heavy atom. The Hall–Kier alpha value is -3.92. The molecule has 2 aromatic heterocycles. The highest BCUT2D eigenvalue weighted by molar-refractivity contribution is 7.89. The van der Waals surface area contributed by atoms with Crippen molar-refractivity contribution in [1.82, 2.24) is 14.8 Å². The van der Waals surface area contributed by atoms with Crippen LogP contribution in [0.4, 0.5) is 8.78 Å². The fraction of sp³-hybridized carbons (Fsp3) is 0.276. The van der Waals surface area contributed by atoms with Crippen molar-refractivity contribution >= 4 is 27.3 Å². The predicted octanol–water partition coefficient (Wildman–Crippen LogP) is 5.31. The summed E-state index contributed by atoms with van der Waals surface area (Å²) in [4.78, 5) is 15.2. The second-order valence-corrected chi connectivity index (χ2v) is 12.3. The number of carboxylic acids is 1. The van der Waals surface area contributed by atoms with E-state index in [-0.39, 0.29) is 17.7 Å². The number of carboxylic acid groups (broad SMARTS) is 1. The van der Waals surface area contributed by atoms with Crippen LogP contribution in [0.5, 0.6) is 0 Å². The van der Waals surface area contributed by atoms with Gasteiger partial charge in [-0.1, -0.05) is 24.8 Å². The molecule has 212 valence electrons. The molecule has 8 nitrogen and oxygen atoms in total. The lowest BCUT2D eigenvalue weighted by atomic mass is 9.96. The van der Waals surface area contributed by atoms with E-state index in [4.69, 9.17) is 10.2 Å². The van der Waals surface area contributed by atoms with Crippen molar-refractivity contribution in [2.45, 2.75) is 50.3 Å².